The third-order valence-corrected chi connectivity index (χ3v) is 3.06. The Hall–Kier alpha value is -0.0900. The summed E-state index contributed by atoms with van der Waals surface area (Å²) in [7, 11) is 0. The minimum absolute atomic E-state index is 0.185. The van der Waals surface area contributed by atoms with E-state index < -0.39 is 0 Å². The quantitative estimate of drug-likeness (QED) is 0.619. The van der Waals surface area contributed by atoms with E-state index in [1.807, 2.05) is 18.2 Å². The summed E-state index contributed by atoms with van der Waals surface area (Å²) in [5.74, 6) is 0.687. The predicted molar refractivity (Wildman–Crippen MR) is 63.1 cm³/mol. The van der Waals surface area contributed by atoms with Crippen LogP contribution in [0.5, 0.6) is 0 Å². The van der Waals surface area contributed by atoms with Gasteiger partial charge in [0.15, 0.2) is 0 Å². The van der Waals surface area contributed by atoms with Crippen molar-refractivity contribution in [1.82, 2.24) is 0 Å². The minimum atomic E-state index is 0.185. The maximum Gasteiger partial charge on any atom is 0.134 e. The van der Waals surface area contributed by atoms with Gasteiger partial charge in [0.1, 0.15) is 5.78 Å². The molecule has 0 aliphatic heterocycles. The molecule has 1 aromatic carbocycles. The average Bonchev–Trinajstić information content (AvgIpc) is 2.08. The standard InChI is InChI=1S/C10H10ClIO/c1-7(13)4-9-5-8(6-11)2-3-10(9)12/h2-3,5H,4,6H2,1H3. The summed E-state index contributed by atoms with van der Waals surface area (Å²) < 4.78 is 1.13. The van der Waals surface area contributed by atoms with Gasteiger partial charge in [-0.1, -0.05) is 12.1 Å². The Morgan fingerprint density at radius 2 is 2.23 bits per heavy atom. The number of benzene rings is 1. The summed E-state index contributed by atoms with van der Waals surface area (Å²) in [5.41, 5.74) is 2.14. The summed E-state index contributed by atoms with van der Waals surface area (Å²) >= 11 is 7.93. The Morgan fingerprint density at radius 1 is 1.54 bits per heavy atom. The van der Waals surface area contributed by atoms with Gasteiger partial charge in [0, 0.05) is 15.9 Å². The Bertz CT molecular complexity index is 323. The Labute approximate surface area is 96.6 Å². The van der Waals surface area contributed by atoms with Crippen LogP contribution in [0, 0.1) is 3.57 Å². The highest BCUT2D eigenvalue weighted by atomic mass is 127. The van der Waals surface area contributed by atoms with E-state index in [9.17, 15) is 4.79 Å². The van der Waals surface area contributed by atoms with Crippen LogP contribution < -0.4 is 0 Å². The number of halogens is 2. The van der Waals surface area contributed by atoms with Crippen molar-refractivity contribution < 1.29 is 4.79 Å². The van der Waals surface area contributed by atoms with Gasteiger partial charge in [-0.3, -0.25) is 4.79 Å². The molecule has 70 valence electrons. The second kappa shape index (κ2) is 4.96. The smallest absolute Gasteiger partial charge is 0.134 e. The van der Waals surface area contributed by atoms with E-state index >= 15 is 0 Å². The molecule has 0 radical (unpaired) electrons. The molecule has 13 heavy (non-hydrogen) atoms. The second-order valence-corrected chi connectivity index (χ2v) is 4.37. The van der Waals surface area contributed by atoms with E-state index in [2.05, 4.69) is 22.6 Å². The van der Waals surface area contributed by atoms with E-state index in [4.69, 9.17) is 11.6 Å². The van der Waals surface area contributed by atoms with Crippen LogP contribution in [-0.2, 0) is 17.1 Å². The van der Waals surface area contributed by atoms with Gasteiger partial charge in [-0.15, -0.1) is 11.6 Å². The lowest BCUT2D eigenvalue weighted by Crippen LogP contribution is -1.99. The van der Waals surface area contributed by atoms with Gasteiger partial charge in [0.2, 0.25) is 0 Å². The van der Waals surface area contributed by atoms with Crippen molar-refractivity contribution in [2.75, 3.05) is 0 Å². The summed E-state index contributed by atoms with van der Waals surface area (Å²) in [5, 5.41) is 0. The van der Waals surface area contributed by atoms with Gasteiger partial charge < -0.3 is 0 Å². The van der Waals surface area contributed by atoms with Crippen LogP contribution in [0.2, 0.25) is 0 Å². The van der Waals surface area contributed by atoms with Crippen LogP contribution in [0.1, 0.15) is 18.1 Å². The van der Waals surface area contributed by atoms with Crippen LogP contribution in [-0.4, -0.2) is 5.78 Å². The molecule has 3 heteroatoms. The first-order valence-electron chi connectivity index (χ1n) is 3.96. The van der Waals surface area contributed by atoms with Gasteiger partial charge in [-0.25, -0.2) is 0 Å². The van der Waals surface area contributed by atoms with E-state index in [-0.39, 0.29) is 5.78 Å². The number of hydrogen-bond acceptors (Lipinski definition) is 1. The molecule has 0 unspecified atom stereocenters. The number of ketones is 1. The molecule has 0 atom stereocenters. The molecular weight excluding hydrogens is 298 g/mol. The molecule has 0 spiro atoms. The van der Waals surface area contributed by atoms with Crippen molar-refractivity contribution in [3.05, 3.63) is 32.9 Å². The zero-order valence-electron chi connectivity index (χ0n) is 7.31. The summed E-state index contributed by atoms with van der Waals surface area (Å²) in [6.45, 7) is 1.60. The molecule has 0 aromatic heterocycles. The summed E-state index contributed by atoms with van der Waals surface area (Å²) in [6.07, 6.45) is 0.503. The molecule has 0 fully saturated rings. The zero-order valence-corrected chi connectivity index (χ0v) is 10.2. The second-order valence-electron chi connectivity index (χ2n) is 2.94. The molecule has 0 saturated carbocycles. The maximum absolute atomic E-state index is 10.9. The summed E-state index contributed by atoms with van der Waals surface area (Å²) in [6, 6.07) is 5.98. The molecule has 0 aliphatic carbocycles. The fourth-order valence-corrected chi connectivity index (χ4v) is 1.81. The van der Waals surface area contributed by atoms with E-state index in [0.717, 1.165) is 14.7 Å². The highest BCUT2D eigenvalue weighted by molar-refractivity contribution is 14.1. The molecular formula is C10H10ClIO. The van der Waals surface area contributed by atoms with Crippen LogP contribution in [0.25, 0.3) is 0 Å². The predicted octanol–water partition coefficient (Wildman–Crippen LogP) is 3.16. The minimum Gasteiger partial charge on any atom is -0.300 e. The lowest BCUT2D eigenvalue weighted by atomic mass is 10.1. The van der Waals surface area contributed by atoms with Crippen molar-refractivity contribution >= 4 is 40.0 Å². The molecule has 0 amide bonds. The van der Waals surface area contributed by atoms with Crippen molar-refractivity contribution in [2.24, 2.45) is 0 Å². The molecule has 1 aromatic rings. The first-order valence-corrected chi connectivity index (χ1v) is 5.57. The lowest BCUT2D eigenvalue weighted by Gasteiger charge is -2.03. The largest absolute Gasteiger partial charge is 0.300 e. The maximum atomic E-state index is 10.9. The van der Waals surface area contributed by atoms with Gasteiger partial charge >= 0.3 is 0 Å². The first-order chi connectivity index (χ1) is 6.13. The normalized spacial score (nSPS) is 10.1. The number of hydrogen-bond donors (Lipinski definition) is 0. The third-order valence-electron chi connectivity index (χ3n) is 1.70. The molecule has 1 nitrogen and oxygen atoms in total. The van der Waals surface area contributed by atoms with Crippen molar-refractivity contribution in [3.63, 3.8) is 0 Å². The number of alkyl halides is 1. The fourth-order valence-electron chi connectivity index (χ4n) is 1.11. The first kappa shape index (κ1) is 11.0. The monoisotopic (exact) mass is 308 g/mol. The van der Waals surface area contributed by atoms with Crippen molar-refractivity contribution in [2.45, 2.75) is 19.2 Å². The van der Waals surface area contributed by atoms with Gasteiger partial charge in [0.05, 0.1) is 0 Å². The van der Waals surface area contributed by atoms with Crippen LogP contribution >= 0.6 is 34.2 Å². The van der Waals surface area contributed by atoms with Crippen molar-refractivity contribution in [1.29, 1.82) is 0 Å². The lowest BCUT2D eigenvalue weighted by molar-refractivity contribution is -0.116. The van der Waals surface area contributed by atoms with E-state index in [1.165, 1.54) is 0 Å². The van der Waals surface area contributed by atoms with E-state index in [1.54, 1.807) is 6.92 Å². The highest BCUT2D eigenvalue weighted by Crippen LogP contribution is 2.16. The van der Waals surface area contributed by atoms with Gasteiger partial charge in [0.25, 0.3) is 0 Å². The summed E-state index contributed by atoms with van der Waals surface area (Å²) in [4.78, 5) is 10.9. The number of Topliss-reactive ketones (excluding diaryl/α,β-unsaturated/α-hetero) is 1. The number of carbonyl (C=O) groups is 1. The molecule has 0 bridgehead atoms. The molecule has 0 saturated heterocycles. The number of rotatable bonds is 3. The molecule has 0 heterocycles. The van der Waals surface area contributed by atoms with Crippen molar-refractivity contribution in [3.8, 4) is 0 Å². The Morgan fingerprint density at radius 3 is 2.77 bits per heavy atom. The van der Waals surface area contributed by atoms with E-state index in [0.29, 0.717) is 12.3 Å². The highest BCUT2D eigenvalue weighted by Gasteiger charge is 2.03. The number of carbonyl (C=O) groups excluding carboxylic acids is 1. The van der Waals surface area contributed by atoms with Gasteiger partial charge in [-0.05, 0) is 46.7 Å². The van der Waals surface area contributed by atoms with Crippen LogP contribution in [0.4, 0.5) is 0 Å². The topological polar surface area (TPSA) is 17.1 Å². The SMILES string of the molecule is CC(=O)Cc1cc(CCl)ccc1I. The third kappa shape index (κ3) is 3.27. The van der Waals surface area contributed by atoms with Crippen LogP contribution in [0.3, 0.4) is 0 Å². The Balaban J connectivity index is 2.96. The molecule has 0 N–H and O–H groups in total. The van der Waals surface area contributed by atoms with Gasteiger partial charge in [-0.2, -0.15) is 0 Å². The fraction of sp³-hybridized carbons (Fsp3) is 0.300. The average molecular weight is 309 g/mol. The zero-order chi connectivity index (χ0) is 9.84. The van der Waals surface area contributed by atoms with Crippen LogP contribution in [0.15, 0.2) is 18.2 Å². The Kier molecular flexibility index (Phi) is 4.19. The molecule has 0 aliphatic rings. The molecule has 1 rings (SSSR count).